The molecule has 0 aromatic heterocycles. The van der Waals surface area contributed by atoms with Crippen LogP contribution in [0.3, 0.4) is 0 Å². The second kappa shape index (κ2) is 11.9. The van der Waals surface area contributed by atoms with Gasteiger partial charge in [-0.25, -0.2) is 0 Å². The highest BCUT2D eigenvalue weighted by atomic mass is 16.2. The van der Waals surface area contributed by atoms with Gasteiger partial charge in [-0.1, -0.05) is 73.7 Å². The number of nitrogens with one attached hydrogen (secondary N) is 3. The number of piperazine rings is 1. The molecule has 0 saturated carbocycles. The van der Waals surface area contributed by atoms with Crippen LogP contribution in [-0.4, -0.2) is 72.3 Å². The fourth-order valence-corrected chi connectivity index (χ4v) is 6.98. The van der Waals surface area contributed by atoms with Crippen molar-refractivity contribution in [1.29, 1.82) is 0 Å². The van der Waals surface area contributed by atoms with Crippen LogP contribution >= 0.6 is 0 Å². The van der Waals surface area contributed by atoms with E-state index in [4.69, 9.17) is 0 Å². The van der Waals surface area contributed by atoms with Crippen LogP contribution in [0, 0.1) is 5.92 Å². The van der Waals surface area contributed by atoms with E-state index in [1.165, 1.54) is 16.7 Å². The van der Waals surface area contributed by atoms with Crippen LogP contribution in [0.2, 0.25) is 0 Å². The molecule has 2 saturated heterocycles. The fraction of sp³-hybridized carbons (Fsp3) is 0.441. The third-order valence-corrected chi connectivity index (χ3v) is 9.45. The van der Waals surface area contributed by atoms with Gasteiger partial charge in [0.05, 0.1) is 12.1 Å². The Kier molecular flexibility index (Phi) is 8.01. The van der Waals surface area contributed by atoms with Crippen molar-refractivity contribution < 1.29 is 18.7 Å². The first-order valence-electron chi connectivity index (χ1n) is 15.2. The van der Waals surface area contributed by atoms with Crippen molar-refractivity contribution in [2.75, 3.05) is 26.7 Å². The number of nitrogens with zero attached hydrogens (tertiary/aromatic N) is 2. The fourth-order valence-electron chi connectivity index (χ4n) is 6.98. The van der Waals surface area contributed by atoms with Crippen LogP contribution in [0.4, 0.5) is 0 Å². The molecule has 3 N–H and O–H groups in total. The Balaban J connectivity index is 0.00000184. The number of rotatable bonds is 7. The first-order chi connectivity index (χ1) is 20.3. The summed E-state index contributed by atoms with van der Waals surface area (Å²) in [7, 11) is 1.72. The van der Waals surface area contributed by atoms with Gasteiger partial charge in [0.15, 0.2) is 0 Å². The van der Waals surface area contributed by atoms with Gasteiger partial charge in [0, 0.05) is 30.0 Å². The summed E-state index contributed by atoms with van der Waals surface area (Å²) >= 11 is 0. The summed E-state index contributed by atoms with van der Waals surface area (Å²) in [6.07, 6.45) is 7.01. The molecule has 2 aliphatic heterocycles. The molecule has 3 amide bonds. The highest BCUT2D eigenvalue weighted by molar-refractivity contribution is 5.94. The predicted molar refractivity (Wildman–Crippen MR) is 169 cm³/mol. The van der Waals surface area contributed by atoms with Gasteiger partial charge in [-0.05, 0) is 67.0 Å². The predicted octanol–water partition coefficient (Wildman–Crippen LogP) is 4.09. The lowest BCUT2D eigenvalue weighted by molar-refractivity contribution is -0.148. The second-order valence-corrected chi connectivity index (χ2v) is 12.3. The zero-order chi connectivity index (χ0) is 29.4. The molecule has 226 valence electrons. The van der Waals surface area contributed by atoms with Gasteiger partial charge in [-0.15, -0.1) is 0 Å². The highest BCUT2D eigenvalue weighted by Crippen LogP contribution is 2.41. The van der Waals surface area contributed by atoms with E-state index < -0.39 is 18.1 Å². The maximum absolute atomic E-state index is 14.4. The third-order valence-electron chi connectivity index (χ3n) is 9.45. The lowest BCUT2D eigenvalue weighted by atomic mass is 9.89. The summed E-state index contributed by atoms with van der Waals surface area (Å²) in [5.41, 5.74) is 5.60. The molecule has 8 heteroatoms. The molecule has 8 nitrogen and oxygen atoms in total. The van der Waals surface area contributed by atoms with Gasteiger partial charge in [0.25, 0.3) is 5.91 Å². The Morgan fingerprint density at radius 1 is 0.976 bits per heavy atom. The molecule has 6 rings (SSSR count). The summed E-state index contributed by atoms with van der Waals surface area (Å²) in [5.74, 6) is -0.144. The van der Waals surface area contributed by atoms with Crippen molar-refractivity contribution in [3.8, 4) is 0 Å². The zero-order valence-corrected chi connectivity index (χ0v) is 24.7. The van der Waals surface area contributed by atoms with Crippen molar-refractivity contribution in [3.63, 3.8) is 0 Å². The normalized spacial score (nSPS) is 26.2. The summed E-state index contributed by atoms with van der Waals surface area (Å²) < 4.78 is 0. The smallest absolute Gasteiger partial charge is 0.250 e. The number of carbonyl (C=O) groups is 3. The highest BCUT2D eigenvalue weighted by Gasteiger charge is 2.45. The van der Waals surface area contributed by atoms with E-state index in [-0.39, 0.29) is 34.1 Å². The second-order valence-electron chi connectivity index (χ2n) is 12.3. The Morgan fingerprint density at radius 3 is 2.48 bits per heavy atom. The maximum Gasteiger partial charge on any atom is 0.250 e. The lowest BCUT2D eigenvalue weighted by Gasteiger charge is -2.44. The van der Waals surface area contributed by atoms with Crippen LogP contribution in [-0.2, 0) is 14.4 Å². The Labute approximate surface area is 252 Å². The molecule has 0 unspecified atom stereocenters. The quantitative estimate of drug-likeness (QED) is 0.464. The molecular formula is C34H47N5O3. The van der Waals surface area contributed by atoms with Crippen molar-refractivity contribution >= 4 is 23.3 Å². The number of fused-ring (bicyclic) bond motifs is 3. The summed E-state index contributed by atoms with van der Waals surface area (Å²) in [6, 6.07) is 15.7. The molecule has 6 atom stereocenters. The van der Waals surface area contributed by atoms with Crippen LogP contribution in [0.1, 0.15) is 66.2 Å². The van der Waals surface area contributed by atoms with Gasteiger partial charge < -0.3 is 20.9 Å². The molecule has 0 bridgehead atoms. The topological polar surface area (TPSA) is 93.8 Å². The number of amides is 3. The molecule has 0 spiro atoms. The van der Waals surface area contributed by atoms with E-state index in [1.807, 2.05) is 42.5 Å². The van der Waals surface area contributed by atoms with E-state index in [0.29, 0.717) is 24.6 Å². The molecule has 2 heterocycles. The average molecular weight is 574 g/mol. The molecule has 2 aliphatic carbocycles. The Morgan fingerprint density at radius 2 is 1.74 bits per heavy atom. The van der Waals surface area contributed by atoms with Gasteiger partial charge in [0.2, 0.25) is 11.8 Å². The maximum atomic E-state index is 14.4. The summed E-state index contributed by atoms with van der Waals surface area (Å²) in [4.78, 5) is 45.8. The summed E-state index contributed by atoms with van der Waals surface area (Å²) in [6.45, 7) is 5.86. The number of allylic oxidation sites excluding steroid dienone is 4. The Bertz CT molecular complexity index is 1440. The minimum atomic E-state index is -0.886. The number of carbonyl (C=O) groups excluding carboxylic acids is 3. The third kappa shape index (κ3) is 5.41. The minimum Gasteiger partial charge on any atom is -0.347 e. The van der Waals surface area contributed by atoms with Crippen LogP contribution in [0.15, 0.2) is 72.3 Å². The number of hydrogen-bond donors (Lipinski definition) is 3. The molecule has 42 heavy (non-hydrogen) atoms. The lowest BCUT2D eigenvalue weighted by Crippen LogP contribution is -2.64. The van der Waals surface area contributed by atoms with Crippen LogP contribution < -0.4 is 16.0 Å². The molecule has 4 aliphatic rings. The van der Waals surface area contributed by atoms with Gasteiger partial charge in [0.1, 0.15) is 12.1 Å². The molecule has 0 radical (unpaired) electrons. The molecule has 2 aromatic rings. The van der Waals surface area contributed by atoms with E-state index in [9.17, 15) is 14.4 Å². The van der Waals surface area contributed by atoms with E-state index >= 15 is 0 Å². The SMILES string of the molecule is CN[C@@H](C)C(=O)N[C@H](C(=O)N1C[C@H]2C[C@@H](C)CN2C[C@H]1C(=O)N[C@@H]1CCC2=C(C=C2)c2ccccc21)c1ccccc1.[HH].[HH].[HH]. The first-order valence-corrected chi connectivity index (χ1v) is 15.2. The number of likely N-dealkylation sites (N-methyl/N-ethyl adjacent to an activating group) is 1. The van der Waals surface area contributed by atoms with Gasteiger partial charge in [-0.2, -0.15) is 0 Å². The van der Waals surface area contributed by atoms with Gasteiger partial charge >= 0.3 is 0 Å². The standard InChI is InChI=1S/C34H41N5O3.3H2/c1-21-17-25-19-39(34(42)31(24-9-5-4-6-10-24)37-32(40)22(2)35-3)30(20-38(25)18-21)33(41)36-29-16-14-23-13-15-26(23)27-11-7-8-12-28(27)29;;;/h4-13,15,21-22,25,29-31,35H,14,16-20H2,1-3H3,(H,36,41)(H,37,40);3*1H/t21-,22+,25-,29-,30+,31+;;;/m1.../s1. The number of benzene rings is 2. The average Bonchev–Trinajstić information content (AvgIpc) is 3.32. The van der Waals surface area contributed by atoms with Crippen LogP contribution in [0.25, 0.3) is 5.57 Å². The van der Waals surface area contributed by atoms with Crippen molar-refractivity contribution in [2.45, 2.75) is 63.3 Å². The minimum absolute atomic E-state index is 0. The zero-order valence-electron chi connectivity index (χ0n) is 24.7. The van der Waals surface area contributed by atoms with Crippen LogP contribution in [0.5, 0.6) is 0 Å². The van der Waals surface area contributed by atoms with Crippen molar-refractivity contribution in [1.82, 2.24) is 25.8 Å². The first kappa shape index (κ1) is 28.4. The number of hydrogen-bond acceptors (Lipinski definition) is 5. The summed E-state index contributed by atoms with van der Waals surface area (Å²) in [5, 5.41) is 9.30. The van der Waals surface area contributed by atoms with Crippen molar-refractivity contribution in [2.24, 2.45) is 5.92 Å². The molecule has 2 fully saturated rings. The van der Waals surface area contributed by atoms with E-state index in [2.05, 4.69) is 52.1 Å². The Hall–Kier alpha value is -3.75. The van der Waals surface area contributed by atoms with E-state index in [1.54, 1.807) is 18.9 Å². The van der Waals surface area contributed by atoms with Gasteiger partial charge in [-0.3, -0.25) is 19.3 Å². The largest absolute Gasteiger partial charge is 0.347 e. The van der Waals surface area contributed by atoms with E-state index in [0.717, 1.165) is 31.4 Å². The monoisotopic (exact) mass is 573 g/mol. The van der Waals surface area contributed by atoms with Crippen molar-refractivity contribution in [3.05, 3.63) is 89.0 Å². The molecular weight excluding hydrogens is 526 g/mol. The molecule has 2 aromatic carbocycles.